The lowest BCUT2D eigenvalue weighted by Gasteiger charge is -2.27. The van der Waals surface area contributed by atoms with E-state index in [1.165, 1.54) is 12.1 Å². The molecule has 2 aromatic rings. The third kappa shape index (κ3) is 4.74. The molecule has 6 nitrogen and oxygen atoms in total. The van der Waals surface area contributed by atoms with Crippen LogP contribution in [0.4, 0.5) is 0 Å². The summed E-state index contributed by atoms with van der Waals surface area (Å²) in [7, 11) is -3.85. The van der Waals surface area contributed by atoms with E-state index in [1.54, 1.807) is 41.3 Å². The van der Waals surface area contributed by atoms with Gasteiger partial charge in [0.1, 0.15) is 0 Å². The number of likely N-dealkylation sites (tertiary alicyclic amines) is 1. The van der Waals surface area contributed by atoms with Crippen LogP contribution in [0.15, 0.2) is 64.6 Å². The molecule has 1 aliphatic heterocycles. The van der Waals surface area contributed by atoms with E-state index in [0.29, 0.717) is 18.7 Å². The number of nitrogens with one attached hydrogen (secondary N) is 1. The van der Waals surface area contributed by atoms with E-state index in [2.05, 4.69) is 9.93 Å². The highest BCUT2D eigenvalue weighted by molar-refractivity contribution is 7.89. The SMILES string of the molecule is Cc1ccc(S(=O)(=O)N/N=C(/C(=O)N2CCCCC2)c2ccccc2)cc1. The van der Waals surface area contributed by atoms with Gasteiger partial charge in [-0.05, 0) is 38.3 Å². The van der Waals surface area contributed by atoms with Crippen molar-refractivity contribution in [2.45, 2.75) is 31.1 Å². The molecule has 3 rings (SSSR count). The first-order valence-corrected chi connectivity index (χ1v) is 10.5. The highest BCUT2D eigenvalue weighted by Crippen LogP contribution is 2.13. The number of hydrazone groups is 1. The van der Waals surface area contributed by atoms with E-state index in [4.69, 9.17) is 0 Å². The van der Waals surface area contributed by atoms with Gasteiger partial charge in [0.25, 0.3) is 15.9 Å². The van der Waals surface area contributed by atoms with Crippen LogP contribution in [0.5, 0.6) is 0 Å². The molecule has 1 fully saturated rings. The van der Waals surface area contributed by atoms with Crippen LogP contribution in [0.3, 0.4) is 0 Å². The van der Waals surface area contributed by atoms with Crippen molar-refractivity contribution in [3.05, 3.63) is 65.7 Å². The number of piperidine rings is 1. The molecule has 1 N–H and O–H groups in total. The molecule has 0 spiro atoms. The lowest BCUT2D eigenvalue weighted by molar-refractivity contribution is -0.124. The van der Waals surface area contributed by atoms with Crippen molar-refractivity contribution in [3.63, 3.8) is 0 Å². The molecule has 0 radical (unpaired) electrons. The molecule has 0 saturated carbocycles. The zero-order valence-corrected chi connectivity index (χ0v) is 16.1. The van der Waals surface area contributed by atoms with E-state index < -0.39 is 10.0 Å². The summed E-state index contributed by atoms with van der Waals surface area (Å²) in [6, 6.07) is 15.4. The van der Waals surface area contributed by atoms with Crippen LogP contribution in [0.1, 0.15) is 30.4 Å². The van der Waals surface area contributed by atoms with Gasteiger partial charge in [-0.3, -0.25) is 4.79 Å². The topological polar surface area (TPSA) is 78.8 Å². The van der Waals surface area contributed by atoms with Gasteiger partial charge in [-0.2, -0.15) is 18.4 Å². The van der Waals surface area contributed by atoms with Crippen molar-refractivity contribution >= 4 is 21.6 Å². The van der Waals surface area contributed by atoms with Crippen LogP contribution in [-0.2, 0) is 14.8 Å². The number of rotatable bonds is 5. The molecule has 0 unspecified atom stereocenters. The second kappa shape index (κ2) is 8.35. The summed E-state index contributed by atoms with van der Waals surface area (Å²) >= 11 is 0. The lowest BCUT2D eigenvalue weighted by Crippen LogP contribution is -2.41. The Morgan fingerprint density at radius 1 is 0.963 bits per heavy atom. The van der Waals surface area contributed by atoms with Gasteiger partial charge in [0.05, 0.1) is 4.90 Å². The third-order valence-electron chi connectivity index (χ3n) is 4.50. The molecule has 1 heterocycles. The molecule has 0 aromatic heterocycles. The van der Waals surface area contributed by atoms with Crippen molar-refractivity contribution in [2.24, 2.45) is 5.10 Å². The summed E-state index contributed by atoms with van der Waals surface area (Å²) in [5.74, 6) is -0.257. The quantitative estimate of drug-likeness (QED) is 0.635. The van der Waals surface area contributed by atoms with Crippen LogP contribution >= 0.6 is 0 Å². The zero-order chi connectivity index (χ0) is 19.3. The van der Waals surface area contributed by atoms with E-state index >= 15 is 0 Å². The first-order valence-electron chi connectivity index (χ1n) is 8.98. The molecule has 1 aliphatic rings. The van der Waals surface area contributed by atoms with Crippen LogP contribution < -0.4 is 4.83 Å². The van der Waals surface area contributed by atoms with Gasteiger partial charge < -0.3 is 4.90 Å². The fourth-order valence-electron chi connectivity index (χ4n) is 2.95. The third-order valence-corrected chi connectivity index (χ3v) is 5.73. The molecular formula is C20H23N3O3S. The summed E-state index contributed by atoms with van der Waals surface area (Å²) in [5, 5.41) is 4.03. The highest BCUT2D eigenvalue weighted by atomic mass is 32.2. The van der Waals surface area contributed by atoms with E-state index in [9.17, 15) is 13.2 Å². The Labute approximate surface area is 159 Å². The molecule has 0 aliphatic carbocycles. The summed E-state index contributed by atoms with van der Waals surface area (Å²) in [6.07, 6.45) is 2.99. The molecule has 1 amide bonds. The number of carbonyl (C=O) groups excluding carboxylic acids is 1. The Morgan fingerprint density at radius 3 is 2.22 bits per heavy atom. The van der Waals surface area contributed by atoms with Gasteiger partial charge in [-0.1, -0.05) is 48.0 Å². The van der Waals surface area contributed by atoms with Gasteiger partial charge in [0.15, 0.2) is 5.71 Å². The number of hydrogen-bond donors (Lipinski definition) is 1. The number of nitrogens with zero attached hydrogens (tertiary/aromatic N) is 2. The average Bonchev–Trinajstić information content (AvgIpc) is 2.70. The second-order valence-corrected chi connectivity index (χ2v) is 8.25. The Bertz CT molecular complexity index is 917. The molecule has 0 bridgehead atoms. The summed E-state index contributed by atoms with van der Waals surface area (Å²) in [6.45, 7) is 3.21. The van der Waals surface area contributed by atoms with E-state index in [-0.39, 0.29) is 16.5 Å². The predicted octanol–water partition coefficient (Wildman–Crippen LogP) is 2.69. The maximum absolute atomic E-state index is 13.0. The number of sulfonamides is 1. The summed E-state index contributed by atoms with van der Waals surface area (Å²) < 4.78 is 25.1. The number of benzene rings is 2. The first kappa shape index (κ1) is 19.1. The monoisotopic (exact) mass is 385 g/mol. The Kier molecular flexibility index (Phi) is 5.91. The van der Waals surface area contributed by atoms with E-state index in [1.807, 2.05) is 13.0 Å². The zero-order valence-electron chi connectivity index (χ0n) is 15.3. The van der Waals surface area contributed by atoms with E-state index in [0.717, 1.165) is 24.8 Å². The van der Waals surface area contributed by atoms with Crippen molar-refractivity contribution < 1.29 is 13.2 Å². The maximum Gasteiger partial charge on any atom is 0.276 e. The fourth-order valence-corrected chi connectivity index (χ4v) is 3.77. The molecule has 7 heteroatoms. The van der Waals surface area contributed by atoms with Crippen LogP contribution in [0.2, 0.25) is 0 Å². The van der Waals surface area contributed by atoms with Crippen molar-refractivity contribution in [1.29, 1.82) is 0 Å². The second-order valence-electron chi connectivity index (χ2n) is 6.59. The standard InChI is InChI=1S/C20H23N3O3S/c1-16-10-12-18(13-11-16)27(25,26)22-21-19(17-8-4-2-5-9-17)20(24)23-14-6-3-7-15-23/h2,4-5,8-13,22H,3,6-7,14-15H2,1H3/b21-19+. The average molecular weight is 385 g/mol. The molecule has 0 atom stereocenters. The number of aryl methyl sites for hydroxylation is 1. The number of amides is 1. The van der Waals surface area contributed by atoms with Crippen molar-refractivity contribution in [3.8, 4) is 0 Å². The van der Waals surface area contributed by atoms with Gasteiger partial charge in [0, 0.05) is 18.7 Å². The van der Waals surface area contributed by atoms with Gasteiger partial charge >= 0.3 is 0 Å². The summed E-state index contributed by atoms with van der Waals surface area (Å²) in [4.78, 5) is 17.0. The molecule has 27 heavy (non-hydrogen) atoms. The molecular weight excluding hydrogens is 362 g/mol. The van der Waals surface area contributed by atoms with Crippen molar-refractivity contribution in [2.75, 3.05) is 13.1 Å². The largest absolute Gasteiger partial charge is 0.337 e. The lowest BCUT2D eigenvalue weighted by atomic mass is 10.1. The van der Waals surface area contributed by atoms with Gasteiger partial charge in [-0.15, -0.1) is 0 Å². The van der Waals surface area contributed by atoms with Gasteiger partial charge in [0.2, 0.25) is 0 Å². The molecule has 2 aromatic carbocycles. The molecule has 1 saturated heterocycles. The number of hydrogen-bond acceptors (Lipinski definition) is 4. The Balaban J connectivity index is 1.90. The summed E-state index contributed by atoms with van der Waals surface area (Å²) in [5.41, 5.74) is 1.65. The Morgan fingerprint density at radius 2 is 1.59 bits per heavy atom. The smallest absolute Gasteiger partial charge is 0.276 e. The van der Waals surface area contributed by atoms with Crippen molar-refractivity contribution in [1.82, 2.24) is 9.73 Å². The highest BCUT2D eigenvalue weighted by Gasteiger charge is 2.24. The first-order chi connectivity index (χ1) is 13.0. The minimum absolute atomic E-state index is 0.105. The minimum atomic E-state index is -3.85. The van der Waals surface area contributed by atoms with Crippen LogP contribution in [0, 0.1) is 6.92 Å². The minimum Gasteiger partial charge on any atom is -0.337 e. The normalized spacial score (nSPS) is 15.4. The van der Waals surface area contributed by atoms with Crippen LogP contribution in [0.25, 0.3) is 0 Å². The Hall–Kier alpha value is -2.67. The van der Waals surface area contributed by atoms with Gasteiger partial charge in [-0.25, -0.2) is 0 Å². The maximum atomic E-state index is 13.0. The fraction of sp³-hybridized carbons (Fsp3) is 0.300. The predicted molar refractivity (Wildman–Crippen MR) is 105 cm³/mol. The molecule has 142 valence electrons. The van der Waals surface area contributed by atoms with Crippen LogP contribution in [-0.4, -0.2) is 38.0 Å². The number of carbonyl (C=O) groups is 1.